The van der Waals surface area contributed by atoms with Crippen molar-refractivity contribution in [2.75, 3.05) is 19.5 Å². The van der Waals surface area contributed by atoms with E-state index >= 15 is 0 Å². The number of methoxy groups -OCH3 is 1. The monoisotopic (exact) mass is 189 g/mol. The molecule has 0 spiro atoms. The average Bonchev–Trinajstić information content (AvgIpc) is 2.35. The standard InChI is InChI=1S/C7H11NO3S/c1-5-6(7(9)8-11-5)12-4-3-10-2/h3-4H2,1-2H3,(H,8,9). The van der Waals surface area contributed by atoms with Gasteiger partial charge in [0.15, 0.2) is 0 Å². The normalized spacial score (nSPS) is 10.5. The van der Waals surface area contributed by atoms with Gasteiger partial charge in [-0.3, -0.25) is 4.79 Å². The molecule has 0 radical (unpaired) electrons. The summed E-state index contributed by atoms with van der Waals surface area (Å²) in [7, 11) is 1.63. The first kappa shape index (κ1) is 9.41. The first-order valence-corrected chi connectivity index (χ1v) is 4.54. The summed E-state index contributed by atoms with van der Waals surface area (Å²) < 4.78 is 9.68. The number of H-pyrrole nitrogens is 1. The van der Waals surface area contributed by atoms with E-state index in [1.165, 1.54) is 11.8 Å². The zero-order valence-electron chi connectivity index (χ0n) is 7.05. The first-order chi connectivity index (χ1) is 5.75. The number of hydrogen-bond donors (Lipinski definition) is 1. The fraction of sp³-hybridized carbons (Fsp3) is 0.571. The zero-order chi connectivity index (χ0) is 8.97. The third-order valence-corrected chi connectivity index (χ3v) is 2.49. The number of hydrogen-bond acceptors (Lipinski definition) is 4. The smallest absolute Gasteiger partial charge is 0.293 e. The van der Waals surface area contributed by atoms with Gasteiger partial charge in [0, 0.05) is 12.9 Å². The maximum Gasteiger partial charge on any atom is 0.293 e. The Balaban J connectivity index is 2.56. The Morgan fingerprint density at radius 1 is 1.67 bits per heavy atom. The van der Waals surface area contributed by atoms with Crippen LogP contribution in [0.5, 0.6) is 0 Å². The van der Waals surface area contributed by atoms with Crippen LogP contribution in [0.3, 0.4) is 0 Å². The highest BCUT2D eigenvalue weighted by Gasteiger charge is 2.07. The van der Waals surface area contributed by atoms with E-state index in [0.717, 1.165) is 5.75 Å². The third-order valence-electron chi connectivity index (χ3n) is 1.36. The molecule has 0 amide bonds. The van der Waals surface area contributed by atoms with Crippen LogP contribution in [0.1, 0.15) is 5.76 Å². The second kappa shape index (κ2) is 4.37. The number of ether oxygens (including phenoxy) is 1. The Morgan fingerprint density at radius 3 is 2.92 bits per heavy atom. The molecule has 0 aromatic carbocycles. The molecule has 0 saturated carbocycles. The highest BCUT2D eigenvalue weighted by molar-refractivity contribution is 7.99. The van der Waals surface area contributed by atoms with E-state index in [9.17, 15) is 4.79 Å². The molecule has 68 valence electrons. The SMILES string of the molecule is COCCSc1c(C)o[nH]c1=O. The minimum Gasteiger partial charge on any atom is -0.384 e. The molecule has 0 aliphatic rings. The summed E-state index contributed by atoms with van der Waals surface area (Å²) >= 11 is 1.44. The van der Waals surface area contributed by atoms with Crippen LogP contribution in [0.2, 0.25) is 0 Å². The summed E-state index contributed by atoms with van der Waals surface area (Å²) in [5.41, 5.74) is -0.159. The van der Waals surface area contributed by atoms with Crippen LogP contribution in [0.25, 0.3) is 0 Å². The lowest BCUT2D eigenvalue weighted by molar-refractivity contribution is 0.218. The quantitative estimate of drug-likeness (QED) is 0.567. The van der Waals surface area contributed by atoms with Crippen LogP contribution >= 0.6 is 11.8 Å². The van der Waals surface area contributed by atoms with Gasteiger partial charge in [-0.25, -0.2) is 0 Å². The number of thioether (sulfide) groups is 1. The van der Waals surface area contributed by atoms with Crippen LogP contribution in [0.15, 0.2) is 14.2 Å². The van der Waals surface area contributed by atoms with Crippen molar-refractivity contribution < 1.29 is 9.26 Å². The minimum atomic E-state index is -0.159. The molecule has 1 N–H and O–H groups in total. The van der Waals surface area contributed by atoms with Gasteiger partial charge in [0.1, 0.15) is 10.7 Å². The lowest BCUT2D eigenvalue weighted by Gasteiger charge is -1.95. The zero-order valence-corrected chi connectivity index (χ0v) is 7.86. The van der Waals surface area contributed by atoms with Crippen molar-refractivity contribution >= 4 is 11.8 Å². The second-order valence-corrected chi connectivity index (χ2v) is 3.36. The van der Waals surface area contributed by atoms with Crippen molar-refractivity contribution in [1.82, 2.24) is 5.16 Å². The summed E-state index contributed by atoms with van der Waals surface area (Å²) in [5, 5.41) is 2.27. The largest absolute Gasteiger partial charge is 0.384 e. The van der Waals surface area contributed by atoms with Crippen LogP contribution in [-0.2, 0) is 4.74 Å². The molecule has 1 rings (SSSR count). The van der Waals surface area contributed by atoms with E-state index in [0.29, 0.717) is 17.3 Å². The molecule has 0 atom stereocenters. The van der Waals surface area contributed by atoms with E-state index in [1.54, 1.807) is 14.0 Å². The number of aromatic amines is 1. The molecule has 4 nitrogen and oxygen atoms in total. The Bertz CT molecular complexity index is 291. The van der Waals surface area contributed by atoms with Gasteiger partial charge in [0.05, 0.1) is 6.61 Å². The van der Waals surface area contributed by atoms with Crippen LogP contribution in [-0.4, -0.2) is 24.6 Å². The predicted molar refractivity (Wildman–Crippen MR) is 46.7 cm³/mol. The average molecular weight is 189 g/mol. The highest BCUT2D eigenvalue weighted by atomic mass is 32.2. The second-order valence-electron chi connectivity index (χ2n) is 2.26. The van der Waals surface area contributed by atoms with E-state index in [1.807, 2.05) is 0 Å². The molecule has 0 unspecified atom stereocenters. The Morgan fingerprint density at radius 2 is 2.42 bits per heavy atom. The number of aryl methyl sites for hydroxylation is 1. The third kappa shape index (κ3) is 2.15. The molecule has 0 aliphatic heterocycles. The van der Waals surface area contributed by atoms with E-state index in [2.05, 4.69) is 5.16 Å². The summed E-state index contributed by atoms with van der Waals surface area (Å²) in [6, 6.07) is 0. The number of aromatic nitrogens is 1. The molecule has 1 aromatic rings. The molecule has 0 bridgehead atoms. The van der Waals surface area contributed by atoms with Crippen molar-refractivity contribution in [2.45, 2.75) is 11.8 Å². The summed E-state index contributed by atoms with van der Waals surface area (Å²) in [4.78, 5) is 11.7. The molecule has 12 heavy (non-hydrogen) atoms. The summed E-state index contributed by atoms with van der Waals surface area (Å²) in [5.74, 6) is 1.40. The molecule has 5 heteroatoms. The van der Waals surface area contributed by atoms with Crippen LogP contribution < -0.4 is 5.56 Å². The Kier molecular flexibility index (Phi) is 3.43. The summed E-state index contributed by atoms with van der Waals surface area (Å²) in [6.07, 6.45) is 0. The van der Waals surface area contributed by atoms with Crippen molar-refractivity contribution in [3.63, 3.8) is 0 Å². The number of nitrogens with one attached hydrogen (secondary N) is 1. The highest BCUT2D eigenvalue weighted by Crippen LogP contribution is 2.16. The maximum absolute atomic E-state index is 11.0. The number of rotatable bonds is 4. The van der Waals surface area contributed by atoms with Gasteiger partial charge in [-0.1, -0.05) is 0 Å². The maximum atomic E-state index is 11.0. The van der Waals surface area contributed by atoms with Crippen molar-refractivity contribution in [1.29, 1.82) is 0 Å². The van der Waals surface area contributed by atoms with Crippen molar-refractivity contribution in [3.8, 4) is 0 Å². The molecular weight excluding hydrogens is 178 g/mol. The Labute approximate surface area is 74.3 Å². The molecule has 0 saturated heterocycles. The van der Waals surface area contributed by atoms with Crippen molar-refractivity contribution in [2.24, 2.45) is 0 Å². The topological polar surface area (TPSA) is 55.2 Å². The van der Waals surface area contributed by atoms with E-state index in [-0.39, 0.29) is 5.56 Å². The lowest BCUT2D eigenvalue weighted by Crippen LogP contribution is -2.02. The van der Waals surface area contributed by atoms with Gasteiger partial charge in [-0.2, -0.15) is 5.16 Å². The molecular formula is C7H11NO3S. The molecule has 1 heterocycles. The Hall–Kier alpha value is -0.680. The predicted octanol–water partition coefficient (Wildman–Crippen LogP) is 1.01. The van der Waals surface area contributed by atoms with E-state index < -0.39 is 0 Å². The van der Waals surface area contributed by atoms with Crippen molar-refractivity contribution in [3.05, 3.63) is 16.1 Å². The van der Waals surface area contributed by atoms with Gasteiger partial charge in [-0.15, -0.1) is 11.8 Å². The fourth-order valence-corrected chi connectivity index (χ4v) is 1.64. The molecule has 0 aliphatic carbocycles. The van der Waals surface area contributed by atoms with Gasteiger partial charge in [0.2, 0.25) is 0 Å². The summed E-state index contributed by atoms with van der Waals surface area (Å²) in [6.45, 7) is 2.39. The fourth-order valence-electron chi connectivity index (χ4n) is 0.770. The van der Waals surface area contributed by atoms with Crippen LogP contribution in [0.4, 0.5) is 0 Å². The minimum absolute atomic E-state index is 0.159. The molecule has 0 fully saturated rings. The van der Waals surface area contributed by atoms with Gasteiger partial charge < -0.3 is 9.26 Å². The lowest BCUT2D eigenvalue weighted by atomic mass is 10.5. The first-order valence-electron chi connectivity index (χ1n) is 3.55. The van der Waals surface area contributed by atoms with Crippen LogP contribution in [0, 0.1) is 6.92 Å². The van der Waals surface area contributed by atoms with Gasteiger partial charge >= 0.3 is 0 Å². The van der Waals surface area contributed by atoms with E-state index in [4.69, 9.17) is 9.26 Å². The van der Waals surface area contributed by atoms with Gasteiger partial charge in [0.25, 0.3) is 5.56 Å². The molecule has 1 aromatic heterocycles. The van der Waals surface area contributed by atoms with Gasteiger partial charge in [-0.05, 0) is 6.92 Å².